The van der Waals surface area contributed by atoms with Crippen molar-refractivity contribution in [3.63, 3.8) is 0 Å². The number of hydrogen-bond acceptors (Lipinski definition) is 7. The number of aliphatic hydroxyl groups is 1. The molecule has 7 heteroatoms. The van der Waals surface area contributed by atoms with E-state index in [-0.39, 0.29) is 31.0 Å². The Kier molecular flexibility index (Phi) is 13.6. The number of rotatable bonds is 23. The van der Waals surface area contributed by atoms with Crippen LogP contribution in [0, 0.1) is 0 Å². The second kappa shape index (κ2) is 18.5. The normalized spacial score (nSPS) is 18.3. The van der Waals surface area contributed by atoms with Crippen molar-refractivity contribution in [2.75, 3.05) is 39.6 Å². The Balaban J connectivity index is 0.958. The van der Waals surface area contributed by atoms with Crippen molar-refractivity contribution in [1.82, 2.24) is 0 Å². The Labute approximate surface area is 316 Å². The highest BCUT2D eigenvalue weighted by atomic mass is 16.6. The molecular formula is C46H58O7. The Bertz CT molecular complexity index is 1660. The molecule has 284 valence electrons. The molecule has 0 aliphatic carbocycles. The molecule has 4 aromatic rings. The lowest BCUT2D eigenvalue weighted by Crippen LogP contribution is -2.34. The smallest absolute Gasteiger partial charge is 0.119 e. The van der Waals surface area contributed by atoms with E-state index in [0.29, 0.717) is 13.2 Å². The average molecular weight is 723 g/mol. The summed E-state index contributed by atoms with van der Waals surface area (Å²) in [4.78, 5) is 0. The van der Waals surface area contributed by atoms with E-state index < -0.39 is 11.7 Å². The zero-order valence-corrected chi connectivity index (χ0v) is 32.1. The molecule has 2 fully saturated rings. The van der Waals surface area contributed by atoms with Crippen LogP contribution in [0.15, 0.2) is 97.1 Å². The van der Waals surface area contributed by atoms with E-state index in [0.717, 1.165) is 75.2 Å². The molecule has 7 nitrogen and oxygen atoms in total. The van der Waals surface area contributed by atoms with Crippen molar-refractivity contribution < 1.29 is 33.5 Å². The predicted molar refractivity (Wildman–Crippen MR) is 209 cm³/mol. The summed E-state index contributed by atoms with van der Waals surface area (Å²) in [5, 5.41) is 10.9. The SMILES string of the molecule is CCCC(CC)(OCC1CO1)c1ccc(Cc2ccc(OCC(O)COC(CC)(CC)c3ccc(Cc4ccc(OCC5CO5)cc4)cc3)cc2)cc1. The fraction of sp³-hybridized carbons (Fsp3) is 0.478. The topological polar surface area (TPSA) is 82.2 Å². The molecule has 1 N–H and O–H groups in total. The highest BCUT2D eigenvalue weighted by molar-refractivity contribution is 5.35. The van der Waals surface area contributed by atoms with E-state index in [2.05, 4.69) is 100 Å². The average Bonchev–Trinajstić information content (AvgIpc) is 4.14. The standard InChI is InChI=1S/C46H58O7/c1-5-25-46(8-4,53-33-44-32-51-44)39-19-11-35(12-20-39)27-36-13-21-41(22-14-36)48-28-40(47)29-52-45(6-2,7-3)38-17-9-34(10-18-38)26-37-15-23-42(24-16-37)49-30-43-31-50-43/h9-24,40,43-44,47H,5-8,25-33H2,1-4H3. The minimum absolute atomic E-state index is 0.160. The van der Waals surface area contributed by atoms with E-state index in [1.807, 2.05) is 24.3 Å². The first-order valence-corrected chi connectivity index (χ1v) is 19.7. The summed E-state index contributed by atoms with van der Waals surface area (Å²) in [7, 11) is 0. The van der Waals surface area contributed by atoms with Gasteiger partial charge >= 0.3 is 0 Å². The van der Waals surface area contributed by atoms with Crippen LogP contribution in [0.1, 0.15) is 93.2 Å². The monoisotopic (exact) mass is 722 g/mol. The third kappa shape index (κ3) is 10.9. The molecule has 0 radical (unpaired) electrons. The van der Waals surface area contributed by atoms with Gasteiger partial charge < -0.3 is 33.5 Å². The maximum Gasteiger partial charge on any atom is 0.119 e. The third-order valence-electron chi connectivity index (χ3n) is 10.8. The molecule has 2 aliphatic rings. The Morgan fingerprint density at radius 3 is 1.45 bits per heavy atom. The summed E-state index contributed by atoms with van der Waals surface area (Å²) in [5.74, 6) is 1.61. The Hall–Kier alpha value is -3.72. The van der Waals surface area contributed by atoms with E-state index >= 15 is 0 Å². The highest BCUT2D eigenvalue weighted by Crippen LogP contribution is 2.36. The zero-order valence-electron chi connectivity index (χ0n) is 32.1. The zero-order chi connectivity index (χ0) is 37.1. The second-order valence-electron chi connectivity index (χ2n) is 14.6. The van der Waals surface area contributed by atoms with Crippen LogP contribution in [0.25, 0.3) is 0 Å². The fourth-order valence-electron chi connectivity index (χ4n) is 7.13. The van der Waals surface area contributed by atoms with Crippen LogP contribution in [-0.2, 0) is 43.0 Å². The van der Waals surface area contributed by atoms with Gasteiger partial charge in [0, 0.05) is 0 Å². The van der Waals surface area contributed by atoms with Crippen molar-refractivity contribution in [3.8, 4) is 11.5 Å². The summed E-state index contributed by atoms with van der Waals surface area (Å²) >= 11 is 0. The molecule has 0 spiro atoms. The molecule has 2 saturated heterocycles. The van der Waals surface area contributed by atoms with Gasteiger partial charge in [-0.15, -0.1) is 0 Å². The third-order valence-corrected chi connectivity index (χ3v) is 10.8. The van der Waals surface area contributed by atoms with Gasteiger partial charge in [-0.25, -0.2) is 0 Å². The van der Waals surface area contributed by atoms with Gasteiger partial charge in [0.05, 0.1) is 37.6 Å². The molecule has 6 rings (SSSR count). The lowest BCUT2D eigenvalue weighted by Gasteiger charge is -2.33. The molecule has 4 aromatic carbocycles. The first kappa shape index (κ1) is 39.0. The minimum Gasteiger partial charge on any atom is -0.491 e. The van der Waals surface area contributed by atoms with Gasteiger partial charge in [-0.1, -0.05) is 107 Å². The lowest BCUT2D eigenvalue weighted by atomic mass is 9.85. The van der Waals surface area contributed by atoms with Crippen LogP contribution in [0.4, 0.5) is 0 Å². The summed E-state index contributed by atoms with van der Waals surface area (Å²) in [6.45, 7) is 11.9. The quantitative estimate of drug-likeness (QED) is 0.0766. The van der Waals surface area contributed by atoms with E-state index in [1.165, 1.54) is 27.8 Å². The molecule has 2 heterocycles. The summed E-state index contributed by atoms with van der Waals surface area (Å²) < 4.78 is 35.3. The van der Waals surface area contributed by atoms with Crippen molar-refractivity contribution in [2.45, 2.75) is 102 Å². The largest absolute Gasteiger partial charge is 0.491 e. The number of aliphatic hydroxyl groups excluding tert-OH is 1. The van der Waals surface area contributed by atoms with Crippen molar-refractivity contribution in [2.24, 2.45) is 0 Å². The lowest BCUT2D eigenvalue weighted by molar-refractivity contribution is -0.0961. The summed E-state index contributed by atoms with van der Waals surface area (Å²) in [6.07, 6.45) is 6.03. The van der Waals surface area contributed by atoms with Gasteiger partial charge in [-0.2, -0.15) is 0 Å². The maximum atomic E-state index is 10.9. The maximum absolute atomic E-state index is 10.9. The van der Waals surface area contributed by atoms with Crippen molar-refractivity contribution >= 4 is 0 Å². The van der Waals surface area contributed by atoms with Crippen LogP contribution in [0.3, 0.4) is 0 Å². The van der Waals surface area contributed by atoms with Crippen LogP contribution < -0.4 is 9.47 Å². The van der Waals surface area contributed by atoms with Gasteiger partial charge in [-0.3, -0.25) is 0 Å². The molecule has 0 saturated carbocycles. The molecular weight excluding hydrogens is 664 g/mol. The Morgan fingerprint density at radius 1 is 0.566 bits per heavy atom. The summed E-state index contributed by atoms with van der Waals surface area (Å²) in [6, 6.07) is 34.0. The van der Waals surface area contributed by atoms with E-state index in [9.17, 15) is 5.11 Å². The van der Waals surface area contributed by atoms with Gasteiger partial charge in [0.15, 0.2) is 0 Å². The van der Waals surface area contributed by atoms with Gasteiger partial charge in [0.25, 0.3) is 0 Å². The molecule has 2 aliphatic heterocycles. The van der Waals surface area contributed by atoms with Crippen molar-refractivity contribution in [3.05, 3.63) is 130 Å². The number of epoxide rings is 2. The van der Waals surface area contributed by atoms with Gasteiger partial charge in [0.1, 0.15) is 43.0 Å². The van der Waals surface area contributed by atoms with Crippen LogP contribution >= 0.6 is 0 Å². The first-order chi connectivity index (χ1) is 25.9. The molecule has 53 heavy (non-hydrogen) atoms. The van der Waals surface area contributed by atoms with Gasteiger partial charge in [0.2, 0.25) is 0 Å². The van der Waals surface area contributed by atoms with Crippen molar-refractivity contribution in [1.29, 1.82) is 0 Å². The number of benzene rings is 4. The molecule has 0 amide bonds. The van der Waals surface area contributed by atoms with E-state index in [4.69, 9.17) is 28.4 Å². The summed E-state index contributed by atoms with van der Waals surface area (Å²) in [5.41, 5.74) is 6.55. The van der Waals surface area contributed by atoms with E-state index in [1.54, 1.807) is 0 Å². The van der Waals surface area contributed by atoms with Crippen LogP contribution in [0.2, 0.25) is 0 Å². The highest BCUT2D eigenvalue weighted by Gasteiger charge is 2.34. The molecule has 4 atom stereocenters. The predicted octanol–water partition coefficient (Wildman–Crippen LogP) is 8.94. The number of hydrogen-bond donors (Lipinski definition) is 1. The Morgan fingerprint density at radius 2 is 1.00 bits per heavy atom. The molecule has 4 unspecified atom stereocenters. The molecule has 0 aromatic heterocycles. The molecule has 0 bridgehead atoms. The van der Waals surface area contributed by atoms with Crippen LogP contribution in [-0.4, -0.2) is 63.1 Å². The second-order valence-corrected chi connectivity index (χ2v) is 14.6. The minimum atomic E-state index is -0.752. The fourth-order valence-corrected chi connectivity index (χ4v) is 7.13. The van der Waals surface area contributed by atoms with Crippen LogP contribution in [0.5, 0.6) is 11.5 Å². The first-order valence-electron chi connectivity index (χ1n) is 19.7. The number of ether oxygens (including phenoxy) is 6. The van der Waals surface area contributed by atoms with Gasteiger partial charge in [-0.05, 0) is 96.2 Å².